The Bertz CT molecular complexity index is 685. The van der Waals surface area contributed by atoms with E-state index in [9.17, 15) is 0 Å². The summed E-state index contributed by atoms with van der Waals surface area (Å²) in [5, 5.41) is 9.96. The van der Waals surface area contributed by atoms with Crippen molar-refractivity contribution in [2.45, 2.75) is 19.9 Å². The number of thiophene rings is 1. The highest BCUT2D eigenvalue weighted by atomic mass is 32.1. The summed E-state index contributed by atoms with van der Waals surface area (Å²) in [6.07, 6.45) is 3.74. The first-order valence-electron chi connectivity index (χ1n) is 6.64. The summed E-state index contributed by atoms with van der Waals surface area (Å²) in [6.45, 7) is 4.35. The number of hydrogen-bond acceptors (Lipinski definition) is 3. The van der Waals surface area contributed by atoms with Gasteiger partial charge < -0.3 is 5.32 Å². The van der Waals surface area contributed by atoms with Gasteiger partial charge in [-0.15, -0.1) is 11.3 Å². The second kappa shape index (κ2) is 5.51. The van der Waals surface area contributed by atoms with Gasteiger partial charge >= 0.3 is 0 Å². The molecule has 4 heteroatoms. The van der Waals surface area contributed by atoms with Gasteiger partial charge in [-0.2, -0.15) is 5.10 Å². The minimum atomic E-state index is 0.308. The van der Waals surface area contributed by atoms with Crippen LogP contribution in [0.15, 0.2) is 54.2 Å². The summed E-state index contributed by atoms with van der Waals surface area (Å²) in [5.74, 6) is 0. The van der Waals surface area contributed by atoms with Crippen LogP contribution in [0.5, 0.6) is 0 Å². The minimum absolute atomic E-state index is 0.308. The molecule has 2 aromatic heterocycles. The smallest absolute Gasteiger partial charge is 0.0666 e. The maximum absolute atomic E-state index is 4.26. The molecule has 102 valence electrons. The molecule has 1 atom stereocenters. The number of rotatable bonds is 4. The predicted molar refractivity (Wildman–Crippen MR) is 84.7 cm³/mol. The molecule has 1 aromatic carbocycles. The molecule has 0 saturated heterocycles. The molecular formula is C16H17N3S. The standard InChI is InChI=1S/C16H17N3S/c1-12-7-10-20-16(12)13(2)18-14-5-3-6-15(11-14)19-9-4-8-17-19/h3-11,13,18H,1-2H3. The van der Waals surface area contributed by atoms with E-state index in [1.54, 1.807) is 17.5 Å². The van der Waals surface area contributed by atoms with Crippen LogP contribution < -0.4 is 5.32 Å². The van der Waals surface area contributed by atoms with Gasteiger partial charge in [-0.25, -0.2) is 4.68 Å². The number of benzene rings is 1. The fraction of sp³-hybridized carbons (Fsp3) is 0.188. The van der Waals surface area contributed by atoms with Gasteiger partial charge in [-0.05, 0) is 55.1 Å². The van der Waals surface area contributed by atoms with Gasteiger partial charge in [0.1, 0.15) is 0 Å². The number of nitrogens with one attached hydrogen (secondary N) is 1. The number of aromatic nitrogens is 2. The Morgan fingerprint density at radius 1 is 1.25 bits per heavy atom. The molecule has 0 saturated carbocycles. The maximum atomic E-state index is 4.26. The Morgan fingerprint density at radius 3 is 2.85 bits per heavy atom. The lowest BCUT2D eigenvalue weighted by molar-refractivity contribution is 0.874. The molecule has 0 radical (unpaired) electrons. The van der Waals surface area contributed by atoms with Crippen molar-refractivity contribution in [3.63, 3.8) is 0 Å². The van der Waals surface area contributed by atoms with Crippen molar-refractivity contribution >= 4 is 17.0 Å². The normalized spacial score (nSPS) is 12.3. The lowest BCUT2D eigenvalue weighted by Gasteiger charge is -2.15. The van der Waals surface area contributed by atoms with Crippen LogP contribution in [0.4, 0.5) is 5.69 Å². The van der Waals surface area contributed by atoms with Crippen molar-refractivity contribution in [3.05, 3.63) is 64.6 Å². The molecule has 0 aliphatic rings. The van der Waals surface area contributed by atoms with E-state index in [-0.39, 0.29) is 0 Å². The highest BCUT2D eigenvalue weighted by molar-refractivity contribution is 7.10. The van der Waals surface area contributed by atoms with Crippen molar-refractivity contribution in [1.29, 1.82) is 0 Å². The highest BCUT2D eigenvalue weighted by Crippen LogP contribution is 2.27. The van der Waals surface area contributed by atoms with Gasteiger partial charge in [-0.1, -0.05) is 6.07 Å². The summed E-state index contributed by atoms with van der Waals surface area (Å²) in [5.41, 5.74) is 3.52. The van der Waals surface area contributed by atoms with Crippen LogP contribution in [0.1, 0.15) is 23.4 Å². The van der Waals surface area contributed by atoms with E-state index in [0.29, 0.717) is 6.04 Å². The molecule has 0 spiro atoms. The third kappa shape index (κ3) is 2.60. The minimum Gasteiger partial charge on any atom is -0.378 e. The van der Waals surface area contributed by atoms with Crippen molar-refractivity contribution in [3.8, 4) is 5.69 Å². The van der Waals surface area contributed by atoms with Gasteiger partial charge in [-0.3, -0.25) is 0 Å². The highest BCUT2D eigenvalue weighted by Gasteiger charge is 2.10. The van der Waals surface area contributed by atoms with Gasteiger partial charge in [0, 0.05) is 23.0 Å². The van der Waals surface area contributed by atoms with Crippen molar-refractivity contribution in [1.82, 2.24) is 9.78 Å². The first-order valence-corrected chi connectivity index (χ1v) is 7.52. The van der Waals surface area contributed by atoms with Crippen molar-refractivity contribution in [2.24, 2.45) is 0 Å². The lowest BCUT2D eigenvalue weighted by Crippen LogP contribution is -2.06. The summed E-state index contributed by atoms with van der Waals surface area (Å²) in [4.78, 5) is 1.38. The van der Waals surface area contributed by atoms with Crippen LogP contribution in [0.2, 0.25) is 0 Å². The first kappa shape index (κ1) is 12.9. The third-order valence-corrected chi connectivity index (χ3v) is 4.49. The molecule has 3 rings (SSSR count). The molecule has 0 amide bonds. The zero-order valence-corrected chi connectivity index (χ0v) is 12.4. The van der Waals surface area contributed by atoms with Crippen LogP contribution in [0, 0.1) is 6.92 Å². The molecule has 1 unspecified atom stereocenters. The van der Waals surface area contributed by atoms with Crippen molar-refractivity contribution < 1.29 is 0 Å². The van der Waals surface area contributed by atoms with E-state index in [1.165, 1.54) is 10.4 Å². The fourth-order valence-corrected chi connectivity index (χ4v) is 3.24. The second-order valence-electron chi connectivity index (χ2n) is 4.83. The molecule has 0 aliphatic carbocycles. The molecular weight excluding hydrogens is 266 g/mol. The summed E-state index contributed by atoms with van der Waals surface area (Å²) < 4.78 is 1.87. The van der Waals surface area contributed by atoms with Crippen LogP contribution in [-0.2, 0) is 0 Å². The quantitative estimate of drug-likeness (QED) is 0.768. The molecule has 0 fully saturated rings. The Hall–Kier alpha value is -2.07. The molecule has 2 heterocycles. The summed E-state index contributed by atoms with van der Waals surface area (Å²) in [6, 6.07) is 12.7. The number of aryl methyl sites for hydroxylation is 1. The summed E-state index contributed by atoms with van der Waals surface area (Å²) >= 11 is 1.80. The number of hydrogen-bond donors (Lipinski definition) is 1. The van der Waals surface area contributed by atoms with E-state index in [2.05, 4.69) is 53.9 Å². The van der Waals surface area contributed by atoms with Crippen LogP contribution in [-0.4, -0.2) is 9.78 Å². The SMILES string of the molecule is Cc1ccsc1C(C)Nc1cccc(-n2cccn2)c1. The first-order chi connectivity index (χ1) is 9.74. The zero-order valence-electron chi connectivity index (χ0n) is 11.6. The van der Waals surface area contributed by atoms with Gasteiger partial charge in [0.25, 0.3) is 0 Å². The van der Waals surface area contributed by atoms with Crippen LogP contribution >= 0.6 is 11.3 Å². The Morgan fingerprint density at radius 2 is 2.15 bits per heavy atom. The molecule has 0 bridgehead atoms. The van der Waals surface area contributed by atoms with Crippen LogP contribution in [0.25, 0.3) is 5.69 Å². The Kier molecular flexibility index (Phi) is 3.56. The third-order valence-electron chi connectivity index (χ3n) is 3.29. The average molecular weight is 283 g/mol. The van der Waals surface area contributed by atoms with E-state index >= 15 is 0 Å². The van der Waals surface area contributed by atoms with Gasteiger partial charge in [0.2, 0.25) is 0 Å². The predicted octanol–water partition coefficient (Wildman–Crippen LogP) is 4.42. The second-order valence-corrected chi connectivity index (χ2v) is 5.78. The molecule has 3 nitrogen and oxygen atoms in total. The largest absolute Gasteiger partial charge is 0.378 e. The van der Waals surface area contributed by atoms with Gasteiger partial charge in [0.15, 0.2) is 0 Å². The van der Waals surface area contributed by atoms with Crippen LogP contribution in [0.3, 0.4) is 0 Å². The van der Waals surface area contributed by atoms with E-state index in [4.69, 9.17) is 0 Å². The van der Waals surface area contributed by atoms with E-state index in [0.717, 1.165) is 11.4 Å². The Balaban J connectivity index is 1.81. The maximum Gasteiger partial charge on any atom is 0.0666 e. The summed E-state index contributed by atoms with van der Waals surface area (Å²) in [7, 11) is 0. The topological polar surface area (TPSA) is 29.9 Å². The number of anilines is 1. The molecule has 0 aliphatic heterocycles. The zero-order chi connectivity index (χ0) is 13.9. The fourth-order valence-electron chi connectivity index (χ4n) is 2.30. The molecule has 3 aromatic rings. The van der Waals surface area contributed by atoms with E-state index < -0.39 is 0 Å². The average Bonchev–Trinajstić information content (AvgIpc) is 3.09. The van der Waals surface area contributed by atoms with E-state index in [1.807, 2.05) is 23.0 Å². The van der Waals surface area contributed by atoms with Gasteiger partial charge in [0.05, 0.1) is 11.7 Å². The number of nitrogens with zero attached hydrogens (tertiary/aromatic N) is 2. The van der Waals surface area contributed by atoms with Crippen molar-refractivity contribution in [2.75, 3.05) is 5.32 Å². The Labute approximate surface area is 122 Å². The molecule has 1 N–H and O–H groups in total. The lowest BCUT2D eigenvalue weighted by atomic mass is 10.2. The monoisotopic (exact) mass is 283 g/mol. The molecule has 20 heavy (non-hydrogen) atoms.